The van der Waals surface area contributed by atoms with E-state index < -0.39 is 0 Å². The predicted octanol–water partition coefficient (Wildman–Crippen LogP) is 3.77. The number of hydrogen-bond acceptors (Lipinski definition) is 2. The Kier molecular flexibility index (Phi) is 6.47. The molecule has 3 rings (SSSR count). The van der Waals surface area contributed by atoms with Gasteiger partial charge in [0.2, 0.25) is 0 Å². The number of rotatable bonds is 6. The van der Waals surface area contributed by atoms with Crippen molar-refractivity contribution >= 4 is 11.6 Å². The van der Waals surface area contributed by atoms with Crippen LogP contribution < -0.4 is 15.5 Å². The Morgan fingerprint density at radius 3 is 2.41 bits per heavy atom. The van der Waals surface area contributed by atoms with Crippen LogP contribution in [0, 0.1) is 12.7 Å². The van der Waals surface area contributed by atoms with Gasteiger partial charge in [0.05, 0.1) is 6.54 Å². The van der Waals surface area contributed by atoms with Gasteiger partial charge in [-0.25, -0.2) is 9.38 Å². The van der Waals surface area contributed by atoms with E-state index >= 15 is 0 Å². The van der Waals surface area contributed by atoms with E-state index in [1.54, 1.807) is 19.1 Å². The van der Waals surface area contributed by atoms with Gasteiger partial charge in [-0.3, -0.25) is 0 Å². The number of anilines is 1. The third-order valence-corrected chi connectivity index (χ3v) is 4.58. The van der Waals surface area contributed by atoms with Gasteiger partial charge >= 0.3 is 0 Å². The van der Waals surface area contributed by atoms with Gasteiger partial charge in [-0.2, -0.15) is 0 Å². The molecule has 0 saturated heterocycles. The highest BCUT2D eigenvalue weighted by Gasteiger charge is 2.07. The lowest BCUT2D eigenvalue weighted by molar-refractivity contribution is 0.616. The summed E-state index contributed by atoms with van der Waals surface area (Å²) in [7, 11) is 0. The largest absolute Gasteiger partial charge is 0.364 e. The second-order valence-electron chi connectivity index (χ2n) is 6.68. The lowest BCUT2D eigenvalue weighted by Crippen LogP contribution is -2.36. The zero-order valence-corrected chi connectivity index (χ0v) is 16.0. The summed E-state index contributed by atoms with van der Waals surface area (Å²) in [5.74, 6) is 0.542. The van der Waals surface area contributed by atoms with E-state index in [2.05, 4.69) is 56.9 Å². The summed E-state index contributed by atoms with van der Waals surface area (Å²) in [6, 6.07) is 13.8. The molecule has 0 aromatic heterocycles. The molecule has 0 spiro atoms. The summed E-state index contributed by atoms with van der Waals surface area (Å²) in [6.07, 6.45) is 4.38. The van der Waals surface area contributed by atoms with Crippen LogP contribution in [-0.4, -0.2) is 25.6 Å². The summed E-state index contributed by atoms with van der Waals surface area (Å²) >= 11 is 0. The van der Waals surface area contributed by atoms with E-state index in [1.165, 1.54) is 11.3 Å². The van der Waals surface area contributed by atoms with Gasteiger partial charge in [0.25, 0.3) is 0 Å². The first kappa shape index (κ1) is 19.0. The predicted molar refractivity (Wildman–Crippen MR) is 111 cm³/mol. The third-order valence-electron chi connectivity index (χ3n) is 4.58. The molecule has 4 nitrogen and oxygen atoms in total. The second-order valence-corrected chi connectivity index (χ2v) is 6.68. The van der Waals surface area contributed by atoms with Crippen LogP contribution in [-0.2, 0) is 13.1 Å². The summed E-state index contributed by atoms with van der Waals surface area (Å²) in [5.41, 5.74) is 3.95. The smallest absolute Gasteiger partial charge is 0.191 e. The van der Waals surface area contributed by atoms with E-state index in [9.17, 15) is 4.39 Å². The van der Waals surface area contributed by atoms with Crippen molar-refractivity contribution in [2.24, 2.45) is 4.99 Å². The van der Waals surface area contributed by atoms with E-state index in [0.717, 1.165) is 31.2 Å². The van der Waals surface area contributed by atoms with Crippen molar-refractivity contribution in [2.75, 3.05) is 24.5 Å². The minimum absolute atomic E-state index is 0.186. The Bertz CT molecular complexity index is 804. The molecule has 0 atom stereocenters. The van der Waals surface area contributed by atoms with E-state index in [0.29, 0.717) is 18.7 Å². The number of nitrogens with one attached hydrogen (secondary N) is 2. The zero-order valence-electron chi connectivity index (χ0n) is 16.0. The standard InChI is InChI=1S/C22H27FN4/c1-3-24-22(26-16-19-7-6-17(2)21(23)14-19)25-15-18-8-10-20(11-9-18)27-12-4-5-13-27/h4-11,14H,3,12-13,15-16H2,1-2H3,(H2,24,25,26). The van der Waals surface area contributed by atoms with Crippen LogP contribution in [0.3, 0.4) is 0 Å². The number of nitrogens with zero attached hydrogens (tertiary/aromatic N) is 2. The molecule has 1 aliphatic rings. The Hall–Kier alpha value is -2.82. The summed E-state index contributed by atoms with van der Waals surface area (Å²) in [6.45, 7) is 7.65. The van der Waals surface area contributed by atoms with Crippen LogP contribution in [0.25, 0.3) is 0 Å². The number of benzene rings is 2. The highest BCUT2D eigenvalue weighted by molar-refractivity contribution is 5.79. The quantitative estimate of drug-likeness (QED) is 0.464. The SMILES string of the molecule is CCNC(=NCc1ccc(C)c(F)c1)NCc1ccc(N2CC=CC2)cc1. The first-order chi connectivity index (χ1) is 13.2. The molecular formula is C22H27FN4. The van der Waals surface area contributed by atoms with Crippen molar-refractivity contribution in [3.63, 3.8) is 0 Å². The minimum atomic E-state index is -0.186. The van der Waals surface area contributed by atoms with E-state index in [4.69, 9.17) is 0 Å². The first-order valence-corrected chi connectivity index (χ1v) is 9.42. The number of aliphatic imine (C=N–C) groups is 1. The van der Waals surface area contributed by atoms with Gasteiger partial charge < -0.3 is 15.5 Å². The molecule has 0 unspecified atom stereocenters. The fourth-order valence-corrected chi connectivity index (χ4v) is 2.95. The Labute approximate surface area is 160 Å². The Morgan fingerprint density at radius 2 is 1.74 bits per heavy atom. The highest BCUT2D eigenvalue weighted by Crippen LogP contribution is 2.17. The van der Waals surface area contributed by atoms with Crippen LogP contribution in [0.15, 0.2) is 59.6 Å². The van der Waals surface area contributed by atoms with Gasteiger partial charge in [-0.1, -0.05) is 36.4 Å². The maximum Gasteiger partial charge on any atom is 0.191 e. The molecule has 0 aliphatic carbocycles. The molecule has 2 N–H and O–H groups in total. The average molecular weight is 366 g/mol. The highest BCUT2D eigenvalue weighted by atomic mass is 19.1. The molecule has 1 aliphatic heterocycles. The minimum Gasteiger partial charge on any atom is -0.364 e. The molecular weight excluding hydrogens is 339 g/mol. The monoisotopic (exact) mass is 366 g/mol. The van der Waals surface area contributed by atoms with Crippen LogP contribution >= 0.6 is 0 Å². The molecule has 27 heavy (non-hydrogen) atoms. The van der Waals surface area contributed by atoms with Crippen molar-refractivity contribution in [1.82, 2.24) is 10.6 Å². The molecule has 142 valence electrons. The van der Waals surface area contributed by atoms with Crippen molar-refractivity contribution in [1.29, 1.82) is 0 Å². The topological polar surface area (TPSA) is 39.7 Å². The zero-order chi connectivity index (χ0) is 19.1. The molecule has 0 radical (unpaired) electrons. The summed E-state index contributed by atoms with van der Waals surface area (Å²) in [5, 5.41) is 6.58. The van der Waals surface area contributed by atoms with Crippen LogP contribution in [0.5, 0.6) is 0 Å². The Balaban J connectivity index is 1.57. The molecule has 0 saturated carbocycles. The molecule has 0 amide bonds. The maximum absolute atomic E-state index is 13.7. The van der Waals surface area contributed by atoms with Crippen molar-refractivity contribution < 1.29 is 4.39 Å². The number of guanidine groups is 1. The van der Waals surface area contributed by atoms with E-state index in [1.807, 2.05) is 13.0 Å². The fourth-order valence-electron chi connectivity index (χ4n) is 2.95. The van der Waals surface area contributed by atoms with E-state index in [-0.39, 0.29) is 5.82 Å². The summed E-state index contributed by atoms with van der Waals surface area (Å²) in [4.78, 5) is 6.88. The van der Waals surface area contributed by atoms with Crippen molar-refractivity contribution in [3.8, 4) is 0 Å². The van der Waals surface area contributed by atoms with Crippen LogP contribution in [0.4, 0.5) is 10.1 Å². The third kappa shape index (κ3) is 5.33. The average Bonchev–Trinajstić information content (AvgIpc) is 3.22. The lowest BCUT2D eigenvalue weighted by atomic mass is 10.1. The number of aryl methyl sites for hydroxylation is 1. The van der Waals surface area contributed by atoms with Crippen LogP contribution in [0.1, 0.15) is 23.6 Å². The van der Waals surface area contributed by atoms with Crippen molar-refractivity contribution in [2.45, 2.75) is 26.9 Å². The summed E-state index contributed by atoms with van der Waals surface area (Å²) < 4.78 is 13.7. The van der Waals surface area contributed by atoms with Gasteiger partial charge in [0, 0.05) is 31.9 Å². The molecule has 0 bridgehead atoms. The molecule has 0 fully saturated rings. The second kappa shape index (κ2) is 9.21. The van der Waals surface area contributed by atoms with Gasteiger partial charge in [-0.15, -0.1) is 0 Å². The number of hydrogen-bond donors (Lipinski definition) is 2. The molecule has 2 aromatic carbocycles. The van der Waals surface area contributed by atoms with Gasteiger partial charge in [0.15, 0.2) is 5.96 Å². The Morgan fingerprint density at radius 1 is 1.04 bits per heavy atom. The molecule has 1 heterocycles. The van der Waals surface area contributed by atoms with Crippen LogP contribution in [0.2, 0.25) is 0 Å². The maximum atomic E-state index is 13.7. The molecule has 5 heteroatoms. The van der Waals surface area contributed by atoms with Gasteiger partial charge in [0.1, 0.15) is 5.82 Å². The van der Waals surface area contributed by atoms with Gasteiger partial charge in [-0.05, 0) is 48.7 Å². The lowest BCUT2D eigenvalue weighted by Gasteiger charge is -2.18. The normalized spacial score (nSPS) is 13.9. The molecule has 2 aromatic rings. The first-order valence-electron chi connectivity index (χ1n) is 9.42. The van der Waals surface area contributed by atoms with Crippen molar-refractivity contribution in [3.05, 3.63) is 77.1 Å². The number of halogens is 1. The fraction of sp³-hybridized carbons (Fsp3) is 0.318.